The summed E-state index contributed by atoms with van der Waals surface area (Å²) in [5.41, 5.74) is 0. The van der Waals surface area contributed by atoms with Crippen LogP contribution in [0.4, 0.5) is 0 Å². The van der Waals surface area contributed by atoms with Crippen LogP contribution in [0.25, 0.3) is 0 Å². The van der Waals surface area contributed by atoms with E-state index in [4.69, 9.17) is 4.74 Å². The minimum absolute atomic E-state index is 0.507. The van der Waals surface area contributed by atoms with Crippen LogP contribution in [0.2, 0.25) is 0 Å². The van der Waals surface area contributed by atoms with Crippen molar-refractivity contribution >= 4 is 0 Å². The lowest BCUT2D eigenvalue weighted by Gasteiger charge is -2.32. The van der Waals surface area contributed by atoms with Crippen LogP contribution in [0.3, 0.4) is 0 Å². The van der Waals surface area contributed by atoms with E-state index in [1.54, 1.807) is 0 Å². The van der Waals surface area contributed by atoms with Gasteiger partial charge in [0.25, 0.3) is 0 Å². The molecule has 0 radical (unpaired) electrons. The standard InChI is InChI=1S/C15H29NO/c1-3-15-10-14(8-9-17-15)16-11-13-6-4-12(2)5-7-13/h12-16H,3-11H2,1-2H3. The molecule has 0 aromatic rings. The summed E-state index contributed by atoms with van der Waals surface area (Å²) in [5, 5.41) is 3.79. The van der Waals surface area contributed by atoms with E-state index in [-0.39, 0.29) is 0 Å². The average molecular weight is 239 g/mol. The third-order valence-corrected chi connectivity index (χ3v) is 4.65. The minimum atomic E-state index is 0.507. The second-order valence-electron chi connectivity index (χ2n) is 6.16. The molecule has 1 saturated heterocycles. The van der Waals surface area contributed by atoms with Crippen molar-refractivity contribution in [1.82, 2.24) is 5.32 Å². The van der Waals surface area contributed by atoms with Gasteiger partial charge in [-0.1, -0.05) is 26.7 Å². The summed E-state index contributed by atoms with van der Waals surface area (Å²) in [5.74, 6) is 1.91. The molecule has 1 aliphatic carbocycles. The Hall–Kier alpha value is -0.0800. The van der Waals surface area contributed by atoms with E-state index in [1.807, 2.05) is 0 Å². The summed E-state index contributed by atoms with van der Waals surface area (Å²) in [6.45, 7) is 6.83. The first-order valence-electron chi connectivity index (χ1n) is 7.63. The molecule has 2 fully saturated rings. The highest BCUT2D eigenvalue weighted by molar-refractivity contribution is 4.79. The maximum atomic E-state index is 5.72. The topological polar surface area (TPSA) is 21.3 Å². The highest BCUT2D eigenvalue weighted by Crippen LogP contribution is 2.28. The Labute approximate surface area is 107 Å². The monoisotopic (exact) mass is 239 g/mol. The molecule has 1 saturated carbocycles. The lowest BCUT2D eigenvalue weighted by molar-refractivity contribution is -0.000906. The summed E-state index contributed by atoms with van der Waals surface area (Å²) in [7, 11) is 0. The summed E-state index contributed by atoms with van der Waals surface area (Å²) >= 11 is 0. The maximum Gasteiger partial charge on any atom is 0.0587 e. The van der Waals surface area contributed by atoms with E-state index >= 15 is 0 Å². The summed E-state index contributed by atoms with van der Waals surface area (Å²) in [6, 6.07) is 0.716. The van der Waals surface area contributed by atoms with Crippen molar-refractivity contribution in [3.05, 3.63) is 0 Å². The zero-order valence-electron chi connectivity index (χ0n) is 11.6. The molecule has 0 bridgehead atoms. The Morgan fingerprint density at radius 2 is 1.88 bits per heavy atom. The first-order valence-corrected chi connectivity index (χ1v) is 7.63. The number of hydrogen-bond acceptors (Lipinski definition) is 2. The molecule has 1 N–H and O–H groups in total. The van der Waals surface area contributed by atoms with Crippen molar-refractivity contribution in [1.29, 1.82) is 0 Å². The van der Waals surface area contributed by atoms with Crippen molar-refractivity contribution in [2.45, 2.75) is 70.9 Å². The van der Waals surface area contributed by atoms with Crippen LogP contribution in [0, 0.1) is 11.8 Å². The maximum absolute atomic E-state index is 5.72. The van der Waals surface area contributed by atoms with Crippen LogP contribution in [0.5, 0.6) is 0 Å². The SMILES string of the molecule is CCC1CC(NCC2CCC(C)CC2)CCO1. The van der Waals surface area contributed by atoms with Gasteiger partial charge in [0.05, 0.1) is 6.10 Å². The fourth-order valence-electron chi connectivity index (χ4n) is 3.22. The number of hydrogen-bond donors (Lipinski definition) is 1. The van der Waals surface area contributed by atoms with Crippen molar-refractivity contribution in [3.63, 3.8) is 0 Å². The van der Waals surface area contributed by atoms with Crippen LogP contribution in [0.15, 0.2) is 0 Å². The van der Waals surface area contributed by atoms with E-state index in [9.17, 15) is 0 Å². The number of ether oxygens (including phenoxy) is 1. The molecule has 2 atom stereocenters. The molecule has 2 aliphatic rings. The Kier molecular flexibility index (Phi) is 5.30. The Morgan fingerprint density at radius 1 is 1.12 bits per heavy atom. The van der Waals surface area contributed by atoms with E-state index in [2.05, 4.69) is 19.2 Å². The third-order valence-electron chi connectivity index (χ3n) is 4.65. The lowest BCUT2D eigenvalue weighted by atomic mass is 9.83. The molecule has 2 unspecified atom stereocenters. The van der Waals surface area contributed by atoms with Gasteiger partial charge in [0.15, 0.2) is 0 Å². The Morgan fingerprint density at radius 3 is 2.59 bits per heavy atom. The van der Waals surface area contributed by atoms with Crippen LogP contribution < -0.4 is 5.32 Å². The largest absolute Gasteiger partial charge is 0.378 e. The van der Waals surface area contributed by atoms with Gasteiger partial charge in [-0.2, -0.15) is 0 Å². The number of rotatable bonds is 4. The highest BCUT2D eigenvalue weighted by atomic mass is 16.5. The normalized spacial score (nSPS) is 39.2. The fraction of sp³-hybridized carbons (Fsp3) is 1.00. The highest BCUT2D eigenvalue weighted by Gasteiger charge is 2.23. The second kappa shape index (κ2) is 6.75. The van der Waals surface area contributed by atoms with Gasteiger partial charge in [0.1, 0.15) is 0 Å². The van der Waals surface area contributed by atoms with Gasteiger partial charge in [-0.15, -0.1) is 0 Å². The average Bonchev–Trinajstić information content (AvgIpc) is 2.38. The summed E-state index contributed by atoms with van der Waals surface area (Å²) in [4.78, 5) is 0. The lowest BCUT2D eigenvalue weighted by Crippen LogP contribution is -2.41. The molecule has 0 spiro atoms. The van der Waals surface area contributed by atoms with Gasteiger partial charge in [0.2, 0.25) is 0 Å². The zero-order valence-corrected chi connectivity index (χ0v) is 11.6. The molecule has 1 heterocycles. The van der Waals surface area contributed by atoms with Crippen LogP contribution in [-0.2, 0) is 4.74 Å². The Bertz CT molecular complexity index is 211. The molecular formula is C15H29NO. The minimum Gasteiger partial charge on any atom is -0.378 e. The van der Waals surface area contributed by atoms with Crippen molar-refractivity contribution in [3.8, 4) is 0 Å². The van der Waals surface area contributed by atoms with Gasteiger partial charge in [-0.05, 0) is 50.5 Å². The van der Waals surface area contributed by atoms with Gasteiger partial charge in [-0.25, -0.2) is 0 Å². The van der Waals surface area contributed by atoms with Gasteiger partial charge in [0, 0.05) is 12.6 Å². The van der Waals surface area contributed by atoms with Crippen molar-refractivity contribution in [2.24, 2.45) is 11.8 Å². The van der Waals surface area contributed by atoms with E-state index in [0.29, 0.717) is 12.1 Å². The van der Waals surface area contributed by atoms with Gasteiger partial charge < -0.3 is 10.1 Å². The van der Waals surface area contributed by atoms with E-state index in [1.165, 1.54) is 51.5 Å². The molecule has 0 amide bonds. The smallest absolute Gasteiger partial charge is 0.0587 e. The quantitative estimate of drug-likeness (QED) is 0.812. The molecule has 0 aromatic heterocycles. The molecule has 100 valence electrons. The van der Waals surface area contributed by atoms with Crippen LogP contribution >= 0.6 is 0 Å². The first-order chi connectivity index (χ1) is 8.28. The summed E-state index contributed by atoms with van der Waals surface area (Å²) in [6.07, 6.45) is 9.87. The molecular weight excluding hydrogens is 210 g/mol. The van der Waals surface area contributed by atoms with Crippen LogP contribution in [0.1, 0.15) is 58.8 Å². The Balaban J connectivity index is 1.64. The van der Waals surface area contributed by atoms with Gasteiger partial charge >= 0.3 is 0 Å². The third kappa shape index (κ3) is 4.26. The molecule has 2 nitrogen and oxygen atoms in total. The zero-order chi connectivity index (χ0) is 12.1. The first kappa shape index (κ1) is 13.4. The molecule has 17 heavy (non-hydrogen) atoms. The molecule has 2 heteroatoms. The van der Waals surface area contributed by atoms with Crippen molar-refractivity contribution < 1.29 is 4.74 Å². The summed E-state index contributed by atoms with van der Waals surface area (Å²) < 4.78 is 5.72. The number of nitrogens with one attached hydrogen (secondary N) is 1. The fourth-order valence-corrected chi connectivity index (χ4v) is 3.22. The predicted molar refractivity (Wildman–Crippen MR) is 72.2 cm³/mol. The van der Waals surface area contributed by atoms with E-state index < -0.39 is 0 Å². The predicted octanol–water partition coefficient (Wildman–Crippen LogP) is 3.36. The molecule has 1 aliphatic heterocycles. The van der Waals surface area contributed by atoms with E-state index in [0.717, 1.165) is 18.4 Å². The van der Waals surface area contributed by atoms with Crippen LogP contribution in [-0.4, -0.2) is 25.3 Å². The van der Waals surface area contributed by atoms with Gasteiger partial charge in [-0.3, -0.25) is 0 Å². The molecule has 2 rings (SSSR count). The second-order valence-corrected chi connectivity index (χ2v) is 6.16. The van der Waals surface area contributed by atoms with Crippen molar-refractivity contribution in [2.75, 3.05) is 13.2 Å². The molecule has 0 aromatic carbocycles.